The van der Waals surface area contributed by atoms with Crippen LogP contribution in [0.4, 0.5) is 8.78 Å². The molecule has 0 unspecified atom stereocenters. The van der Waals surface area contributed by atoms with Gasteiger partial charge in [0.15, 0.2) is 11.6 Å². The molecular formula is C17H15Cl2F2NOS. The first-order valence-electron chi connectivity index (χ1n) is 7.15. The molecule has 0 saturated carbocycles. The molecule has 2 nitrogen and oxygen atoms in total. The van der Waals surface area contributed by atoms with Gasteiger partial charge in [-0.05, 0) is 49.7 Å². The molecule has 0 saturated heterocycles. The highest BCUT2D eigenvalue weighted by molar-refractivity contribution is 8.00. The van der Waals surface area contributed by atoms with E-state index in [1.54, 1.807) is 25.1 Å². The van der Waals surface area contributed by atoms with Gasteiger partial charge in [0.05, 0.1) is 11.3 Å². The van der Waals surface area contributed by atoms with E-state index in [0.29, 0.717) is 14.9 Å². The Morgan fingerprint density at radius 1 is 1.08 bits per heavy atom. The third kappa shape index (κ3) is 4.85. The average Bonchev–Trinajstić information content (AvgIpc) is 2.50. The fraction of sp³-hybridized carbons (Fsp3) is 0.235. The van der Waals surface area contributed by atoms with Crippen LogP contribution in [-0.4, -0.2) is 11.2 Å². The molecule has 128 valence electrons. The smallest absolute Gasteiger partial charge is 0.233 e. The van der Waals surface area contributed by atoms with E-state index in [2.05, 4.69) is 5.32 Å². The molecule has 0 fully saturated rings. The average molecular weight is 390 g/mol. The molecule has 1 N–H and O–H groups in total. The van der Waals surface area contributed by atoms with Crippen LogP contribution in [0.25, 0.3) is 0 Å². The topological polar surface area (TPSA) is 29.1 Å². The lowest BCUT2D eigenvalue weighted by Crippen LogP contribution is -2.33. The first-order chi connectivity index (χ1) is 11.3. The predicted octanol–water partition coefficient (Wildman–Crippen LogP) is 5.63. The molecule has 2 aromatic carbocycles. The van der Waals surface area contributed by atoms with E-state index in [1.807, 2.05) is 6.92 Å². The van der Waals surface area contributed by atoms with Crippen LogP contribution in [0.3, 0.4) is 0 Å². The molecule has 0 aliphatic rings. The molecule has 24 heavy (non-hydrogen) atoms. The van der Waals surface area contributed by atoms with Gasteiger partial charge in [0.25, 0.3) is 0 Å². The third-order valence-corrected chi connectivity index (χ3v) is 5.02. The number of amides is 1. The minimum absolute atomic E-state index is 0.233. The first kappa shape index (κ1) is 19.0. The normalized spacial score (nSPS) is 13.4. The molecule has 0 spiro atoms. The van der Waals surface area contributed by atoms with Gasteiger partial charge >= 0.3 is 0 Å². The molecule has 0 aromatic heterocycles. The quantitative estimate of drug-likeness (QED) is 0.671. The Morgan fingerprint density at radius 3 is 2.42 bits per heavy atom. The summed E-state index contributed by atoms with van der Waals surface area (Å²) < 4.78 is 26.2. The van der Waals surface area contributed by atoms with Gasteiger partial charge in [-0.1, -0.05) is 29.3 Å². The summed E-state index contributed by atoms with van der Waals surface area (Å²) in [5.74, 6) is -2.08. The Bertz CT molecular complexity index is 757. The van der Waals surface area contributed by atoms with Crippen LogP contribution in [0, 0.1) is 11.6 Å². The second-order valence-electron chi connectivity index (χ2n) is 5.23. The lowest BCUT2D eigenvalue weighted by atomic mass is 10.1. The van der Waals surface area contributed by atoms with Gasteiger partial charge in [-0.15, -0.1) is 11.8 Å². The Morgan fingerprint density at radius 2 is 1.79 bits per heavy atom. The Kier molecular flexibility index (Phi) is 6.49. The standard InChI is InChI=1S/C17H15Cl2F2NOS/c1-9(13-5-3-11(18)7-14(13)19)22-17(23)10(2)24-12-4-6-15(20)16(21)8-12/h3-10H,1-2H3,(H,22,23)/t9-,10-/m0/s1. The monoisotopic (exact) mass is 389 g/mol. The summed E-state index contributed by atoms with van der Waals surface area (Å²) in [6.45, 7) is 3.50. The fourth-order valence-electron chi connectivity index (χ4n) is 2.07. The van der Waals surface area contributed by atoms with Crippen molar-refractivity contribution in [1.82, 2.24) is 5.32 Å². The number of hydrogen-bond donors (Lipinski definition) is 1. The summed E-state index contributed by atoms with van der Waals surface area (Å²) in [7, 11) is 0. The molecule has 2 aromatic rings. The maximum Gasteiger partial charge on any atom is 0.233 e. The van der Waals surface area contributed by atoms with E-state index in [9.17, 15) is 13.6 Å². The summed E-state index contributed by atoms with van der Waals surface area (Å²) in [5.41, 5.74) is 0.749. The minimum Gasteiger partial charge on any atom is -0.349 e. The summed E-state index contributed by atoms with van der Waals surface area (Å²) >= 11 is 13.1. The predicted molar refractivity (Wildman–Crippen MR) is 94.7 cm³/mol. The number of carbonyl (C=O) groups is 1. The van der Waals surface area contributed by atoms with Crippen LogP contribution < -0.4 is 5.32 Å². The van der Waals surface area contributed by atoms with Gasteiger partial charge in [-0.2, -0.15) is 0 Å². The molecule has 7 heteroatoms. The summed E-state index contributed by atoms with van der Waals surface area (Å²) in [6.07, 6.45) is 0. The maximum atomic E-state index is 13.2. The largest absolute Gasteiger partial charge is 0.349 e. The van der Waals surface area contributed by atoms with Crippen LogP contribution in [0.15, 0.2) is 41.3 Å². The summed E-state index contributed by atoms with van der Waals surface area (Å²) in [6, 6.07) is 8.30. The Balaban J connectivity index is 2.01. The zero-order valence-electron chi connectivity index (χ0n) is 12.9. The number of halogens is 4. The molecule has 0 radical (unpaired) electrons. The van der Waals surface area contributed by atoms with Crippen molar-refractivity contribution in [3.63, 3.8) is 0 Å². The SMILES string of the molecule is C[C@H](Sc1ccc(F)c(F)c1)C(=O)N[C@@H](C)c1ccc(Cl)cc1Cl. The second kappa shape index (κ2) is 8.19. The van der Waals surface area contributed by atoms with E-state index in [4.69, 9.17) is 23.2 Å². The molecule has 0 aliphatic carbocycles. The third-order valence-electron chi connectivity index (χ3n) is 3.36. The van der Waals surface area contributed by atoms with Gasteiger partial charge in [0.1, 0.15) is 0 Å². The molecular weight excluding hydrogens is 375 g/mol. The fourth-order valence-corrected chi connectivity index (χ4v) is 3.54. The number of rotatable bonds is 5. The molecule has 0 bridgehead atoms. The van der Waals surface area contributed by atoms with Crippen molar-refractivity contribution in [2.75, 3.05) is 0 Å². The molecule has 1 amide bonds. The van der Waals surface area contributed by atoms with Gasteiger partial charge in [0, 0.05) is 14.9 Å². The Hall–Kier alpha value is -1.30. The van der Waals surface area contributed by atoms with Crippen LogP contribution in [0.2, 0.25) is 10.0 Å². The van der Waals surface area contributed by atoms with Crippen LogP contribution in [0.5, 0.6) is 0 Å². The first-order valence-corrected chi connectivity index (χ1v) is 8.78. The number of nitrogens with one attached hydrogen (secondary N) is 1. The van der Waals surface area contributed by atoms with Crippen LogP contribution in [-0.2, 0) is 4.79 Å². The summed E-state index contributed by atoms with van der Waals surface area (Å²) in [5, 5.41) is 3.35. The minimum atomic E-state index is -0.936. The van der Waals surface area contributed by atoms with E-state index in [1.165, 1.54) is 6.07 Å². The Labute approximate surface area is 153 Å². The van der Waals surface area contributed by atoms with Crippen LogP contribution in [0.1, 0.15) is 25.5 Å². The van der Waals surface area contributed by atoms with Gasteiger partial charge in [-0.3, -0.25) is 4.79 Å². The van der Waals surface area contributed by atoms with E-state index in [0.717, 1.165) is 29.5 Å². The number of thioether (sulfide) groups is 1. The highest BCUT2D eigenvalue weighted by Crippen LogP contribution is 2.28. The number of hydrogen-bond acceptors (Lipinski definition) is 2. The maximum absolute atomic E-state index is 13.2. The van der Waals surface area contributed by atoms with Gasteiger partial charge < -0.3 is 5.32 Å². The van der Waals surface area contributed by atoms with Crippen molar-refractivity contribution in [3.8, 4) is 0 Å². The molecule has 0 heterocycles. The lowest BCUT2D eigenvalue weighted by molar-refractivity contribution is -0.120. The van der Waals surface area contributed by atoms with E-state index in [-0.39, 0.29) is 11.9 Å². The van der Waals surface area contributed by atoms with Crippen molar-refractivity contribution < 1.29 is 13.6 Å². The second-order valence-corrected chi connectivity index (χ2v) is 7.49. The number of benzene rings is 2. The van der Waals surface area contributed by atoms with Crippen molar-refractivity contribution in [1.29, 1.82) is 0 Å². The molecule has 0 aliphatic heterocycles. The highest BCUT2D eigenvalue weighted by Gasteiger charge is 2.19. The van der Waals surface area contributed by atoms with Gasteiger partial charge in [-0.25, -0.2) is 8.78 Å². The van der Waals surface area contributed by atoms with E-state index < -0.39 is 16.9 Å². The molecule has 2 atom stereocenters. The van der Waals surface area contributed by atoms with Crippen molar-refractivity contribution in [2.24, 2.45) is 0 Å². The number of carbonyl (C=O) groups excluding carboxylic acids is 1. The van der Waals surface area contributed by atoms with Crippen LogP contribution >= 0.6 is 35.0 Å². The zero-order chi connectivity index (χ0) is 17.9. The zero-order valence-corrected chi connectivity index (χ0v) is 15.3. The van der Waals surface area contributed by atoms with Crippen molar-refractivity contribution >= 4 is 40.9 Å². The molecule has 2 rings (SSSR count). The van der Waals surface area contributed by atoms with Crippen molar-refractivity contribution in [2.45, 2.75) is 30.0 Å². The highest BCUT2D eigenvalue weighted by atomic mass is 35.5. The summed E-state index contributed by atoms with van der Waals surface area (Å²) in [4.78, 5) is 12.8. The van der Waals surface area contributed by atoms with Gasteiger partial charge in [0.2, 0.25) is 5.91 Å². The van der Waals surface area contributed by atoms with Crippen molar-refractivity contribution in [3.05, 3.63) is 63.6 Å². The van der Waals surface area contributed by atoms with E-state index >= 15 is 0 Å². The lowest BCUT2D eigenvalue weighted by Gasteiger charge is -2.19.